The van der Waals surface area contributed by atoms with Crippen molar-refractivity contribution in [2.75, 3.05) is 7.11 Å². The maximum Gasteiger partial charge on any atom is 0.198 e. The number of aromatic amines is 1. The number of nitrogens with one attached hydrogen (secondary N) is 1. The predicted octanol–water partition coefficient (Wildman–Crippen LogP) is 5.43. The molecule has 0 aliphatic heterocycles. The molecule has 1 aromatic heterocycles. The number of hydrogen-bond acceptors (Lipinski definition) is 4. The molecule has 27 heavy (non-hydrogen) atoms. The highest BCUT2D eigenvalue weighted by molar-refractivity contribution is 6.03. The number of ether oxygens (including phenoxy) is 2. The van der Waals surface area contributed by atoms with E-state index in [2.05, 4.69) is 9.98 Å². The Labute approximate surface area is 156 Å². The van der Waals surface area contributed by atoms with Crippen molar-refractivity contribution >= 4 is 22.8 Å². The van der Waals surface area contributed by atoms with Crippen molar-refractivity contribution in [3.8, 4) is 23.1 Å². The lowest BCUT2D eigenvalue weighted by Crippen LogP contribution is -1.84. The van der Waals surface area contributed by atoms with Crippen LogP contribution in [-0.2, 0) is 0 Å². The minimum absolute atomic E-state index is 0.0750. The summed E-state index contributed by atoms with van der Waals surface area (Å²) >= 11 is 0. The minimum Gasteiger partial charge on any atom is -0.497 e. The quantitative estimate of drug-likeness (QED) is 0.468. The van der Waals surface area contributed by atoms with Crippen molar-refractivity contribution in [1.82, 2.24) is 4.98 Å². The van der Waals surface area contributed by atoms with E-state index < -0.39 is 0 Å². The van der Waals surface area contributed by atoms with Crippen molar-refractivity contribution in [1.29, 1.82) is 0 Å². The van der Waals surface area contributed by atoms with Crippen molar-refractivity contribution in [2.24, 2.45) is 4.99 Å². The summed E-state index contributed by atoms with van der Waals surface area (Å²) in [5.41, 5.74) is 2.20. The zero-order chi connectivity index (χ0) is 18.6. The molecule has 5 heteroatoms. The summed E-state index contributed by atoms with van der Waals surface area (Å²) in [6.45, 7) is 0. The van der Waals surface area contributed by atoms with Gasteiger partial charge in [-0.3, -0.25) is 4.99 Å². The summed E-state index contributed by atoms with van der Waals surface area (Å²) in [4.78, 5) is 7.40. The van der Waals surface area contributed by atoms with Gasteiger partial charge in [0.25, 0.3) is 0 Å². The highest BCUT2D eigenvalue weighted by atomic mass is 16.5. The zero-order valence-electron chi connectivity index (χ0n) is 14.7. The van der Waals surface area contributed by atoms with E-state index in [9.17, 15) is 5.11 Å². The molecule has 0 aliphatic rings. The number of aliphatic imine (C=N–C) groups is 1. The molecule has 4 rings (SSSR count). The Morgan fingerprint density at radius 2 is 1.59 bits per heavy atom. The fourth-order valence-electron chi connectivity index (χ4n) is 2.80. The molecular formula is C22H18N2O3. The number of para-hydroxylation sites is 1. The van der Waals surface area contributed by atoms with Gasteiger partial charge in [-0.05, 0) is 54.6 Å². The van der Waals surface area contributed by atoms with Crippen LogP contribution in [0.3, 0.4) is 0 Å². The van der Waals surface area contributed by atoms with Gasteiger partial charge in [-0.25, -0.2) is 0 Å². The van der Waals surface area contributed by atoms with E-state index in [1.54, 1.807) is 13.3 Å². The van der Waals surface area contributed by atoms with Crippen LogP contribution in [0.25, 0.3) is 10.9 Å². The molecule has 4 aromatic rings. The molecule has 3 aromatic carbocycles. The summed E-state index contributed by atoms with van der Waals surface area (Å²) in [6.07, 6.45) is 1.64. The molecule has 0 aliphatic carbocycles. The summed E-state index contributed by atoms with van der Waals surface area (Å²) in [7, 11) is 1.61. The Morgan fingerprint density at radius 3 is 2.33 bits per heavy atom. The second kappa shape index (κ2) is 7.25. The van der Waals surface area contributed by atoms with E-state index in [-0.39, 0.29) is 5.88 Å². The van der Waals surface area contributed by atoms with Crippen LogP contribution < -0.4 is 9.47 Å². The van der Waals surface area contributed by atoms with Gasteiger partial charge in [0, 0.05) is 17.1 Å². The number of H-pyrrole nitrogens is 1. The van der Waals surface area contributed by atoms with E-state index in [0.717, 1.165) is 33.8 Å². The van der Waals surface area contributed by atoms with Crippen molar-refractivity contribution in [3.63, 3.8) is 0 Å². The number of rotatable bonds is 5. The molecule has 1 heterocycles. The third-order valence-electron chi connectivity index (χ3n) is 4.18. The monoisotopic (exact) mass is 358 g/mol. The normalized spacial score (nSPS) is 11.1. The van der Waals surface area contributed by atoms with Crippen LogP contribution in [0.1, 0.15) is 5.56 Å². The third kappa shape index (κ3) is 3.62. The van der Waals surface area contributed by atoms with E-state index in [0.29, 0.717) is 5.56 Å². The number of benzene rings is 3. The molecule has 0 bridgehead atoms. The second-order valence-electron chi connectivity index (χ2n) is 5.97. The molecular weight excluding hydrogens is 340 g/mol. The molecule has 0 unspecified atom stereocenters. The number of fused-ring (bicyclic) bond motifs is 1. The first-order chi connectivity index (χ1) is 13.2. The SMILES string of the molecule is COc1ccc2[nH]c(O)c(C=Nc3ccc(Oc4ccccc4)cc3)c2c1. The number of nitrogens with zero attached hydrogens (tertiary/aromatic N) is 1. The fraction of sp³-hybridized carbons (Fsp3) is 0.0455. The van der Waals surface area contributed by atoms with Gasteiger partial charge in [0.05, 0.1) is 18.4 Å². The second-order valence-corrected chi connectivity index (χ2v) is 5.97. The largest absolute Gasteiger partial charge is 0.497 e. The fourth-order valence-corrected chi connectivity index (χ4v) is 2.80. The smallest absolute Gasteiger partial charge is 0.198 e. The Kier molecular flexibility index (Phi) is 4.49. The molecule has 0 atom stereocenters. The van der Waals surface area contributed by atoms with Crippen LogP contribution in [0.4, 0.5) is 5.69 Å². The minimum atomic E-state index is 0.0750. The molecule has 0 saturated carbocycles. The summed E-state index contributed by atoms with van der Waals surface area (Å²) in [5.74, 6) is 2.32. The third-order valence-corrected chi connectivity index (χ3v) is 4.18. The maximum atomic E-state index is 10.2. The Bertz CT molecular complexity index is 1080. The average molecular weight is 358 g/mol. The highest BCUT2D eigenvalue weighted by Gasteiger charge is 2.09. The van der Waals surface area contributed by atoms with E-state index in [1.807, 2.05) is 72.8 Å². The topological polar surface area (TPSA) is 66.8 Å². The van der Waals surface area contributed by atoms with Gasteiger partial charge >= 0.3 is 0 Å². The summed E-state index contributed by atoms with van der Waals surface area (Å²) < 4.78 is 11.0. The number of methoxy groups -OCH3 is 1. The lowest BCUT2D eigenvalue weighted by molar-refractivity contribution is 0.415. The standard InChI is InChI=1S/C22H18N2O3/c1-26-18-11-12-21-19(13-18)20(22(25)24-21)14-23-15-7-9-17(10-8-15)27-16-5-3-2-4-6-16/h2-14,24-25H,1H3. The number of aromatic nitrogens is 1. The Hall–Kier alpha value is -3.73. The first-order valence-corrected chi connectivity index (χ1v) is 8.48. The van der Waals surface area contributed by atoms with Gasteiger partial charge in [-0.1, -0.05) is 18.2 Å². The van der Waals surface area contributed by atoms with Crippen LogP contribution in [0, 0.1) is 0 Å². The number of aromatic hydroxyl groups is 1. The van der Waals surface area contributed by atoms with Gasteiger partial charge in [-0.15, -0.1) is 0 Å². The van der Waals surface area contributed by atoms with E-state index in [4.69, 9.17) is 9.47 Å². The van der Waals surface area contributed by atoms with Gasteiger partial charge in [0.2, 0.25) is 0 Å². The lowest BCUT2D eigenvalue weighted by atomic mass is 10.1. The highest BCUT2D eigenvalue weighted by Crippen LogP contribution is 2.30. The average Bonchev–Trinajstić information content (AvgIpc) is 3.02. The predicted molar refractivity (Wildman–Crippen MR) is 107 cm³/mol. The zero-order valence-corrected chi connectivity index (χ0v) is 14.7. The Morgan fingerprint density at radius 1 is 0.889 bits per heavy atom. The number of hydrogen-bond donors (Lipinski definition) is 2. The first kappa shape index (κ1) is 16.7. The van der Waals surface area contributed by atoms with Crippen LogP contribution >= 0.6 is 0 Å². The molecule has 0 spiro atoms. The molecule has 134 valence electrons. The van der Waals surface area contributed by atoms with Gasteiger partial charge < -0.3 is 19.6 Å². The van der Waals surface area contributed by atoms with Gasteiger partial charge in [0.15, 0.2) is 5.88 Å². The van der Waals surface area contributed by atoms with E-state index in [1.165, 1.54) is 0 Å². The first-order valence-electron chi connectivity index (χ1n) is 8.48. The van der Waals surface area contributed by atoms with Crippen LogP contribution in [0.2, 0.25) is 0 Å². The van der Waals surface area contributed by atoms with Gasteiger partial charge in [0.1, 0.15) is 17.2 Å². The van der Waals surface area contributed by atoms with Crippen LogP contribution in [0.15, 0.2) is 77.8 Å². The van der Waals surface area contributed by atoms with Crippen molar-refractivity contribution < 1.29 is 14.6 Å². The molecule has 2 N–H and O–H groups in total. The van der Waals surface area contributed by atoms with Crippen LogP contribution in [-0.4, -0.2) is 23.4 Å². The molecule has 0 saturated heterocycles. The maximum absolute atomic E-state index is 10.2. The van der Waals surface area contributed by atoms with E-state index >= 15 is 0 Å². The Balaban J connectivity index is 1.56. The molecule has 0 amide bonds. The lowest BCUT2D eigenvalue weighted by Gasteiger charge is -2.05. The van der Waals surface area contributed by atoms with Crippen molar-refractivity contribution in [3.05, 3.63) is 78.4 Å². The summed E-state index contributed by atoms with van der Waals surface area (Å²) in [6, 6.07) is 22.6. The molecule has 0 radical (unpaired) electrons. The molecule has 5 nitrogen and oxygen atoms in total. The van der Waals surface area contributed by atoms with Gasteiger partial charge in [-0.2, -0.15) is 0 Å². The van der Waals surface area contributed by atoms with Crippen molar-refractivity contribution in [2.45, 2.75) is 0 Å². The van der Waals surface area contributed by atoms with Crippen LogP contribution in [0.5, 0.6) is 23.1 Å². The summed E-state index contributed by atoms with van der Waals surface area (Å²) in [5, 5.41) is 11.0. The molecule has 0 fully saturated rings.